The first kappa shape index (κ1) is 19.7. The number of hydrogen-bond acceptors (Lipinski definition) is 4. The van der Waals surface area contributed by atoms with Crippen molar-refractivity contribution >= 4 is 29.3 Å². The third-order valence-electron chi connectivity index (χ3n) is 5.82. The van der Waals surface area contributed by atoms with Crippen LogP contribution in [-0.2, 0) is 21.6 Å². The zero-order valence-electron chi connectivity index (χ0n) is 16.0. The van der Waals surface area contributed by atoms with E-state index in [0.717, 1.165) is 16.8 Å². The van der Waals surface area contributed by atoms with Gasteiger partial charge in [-0.05, 0) is 36.1 Å². The molecule has 2 aliphatic heterocycles. The van der Waals surface area contributed by atoms with E-state index in [1.807, 2.05) is 36.4 Å². The second kappa shape index (κ2) is 8.05. The van der Waals surface area contributed by atoms with Crippen LogP contribution in [0.25, 0.3) is 0 Å². The van der Waals surface area contributed by atoms with Crippen molar-refractivity contribution in [2.75, 3.05) is 31.1 Å². The Morgan fingerprint density at radius 1 is 1.14 bits per heavy atom. The molecule has 0 unspecified atom stereocenters. The van der Waals surface area contributed by atoms with Gasteiger partial charge in [0.05, 0.1) is 12.0 Å². The molecule has 29 heavy (non-hydrogen) atoms. The summed E-state index contributed by atoms with van der Waals surface area (Å²) in [7, 11) is 0. The standard InChI is InChI=1S/C22H23ClN2O4/c23-17-6-7-18-19(14-17)25(12-13-26)20(27)22(18)8-10-24(11-9-22)21(28)29-15-16-4-2-1-3-5-16/h1-7,14,26H,8-13,15H2. The van der Waals surface area contributed by atoms with Crippen molar-refractivity contribution in [2.24, 2.45) is 0 Å². The van der Waals surface area contributed by atoms with Crippen molar-refractivity contribution in [2.45, 2.75) is 24.9 Å². The number of amides is 2. The highest BCUT2D eigenvalue weighted by atomic mass is 35.5. The van der Waals surface area contributed by atoms with E-state index in [1.54, 1.807) is 21.9 Å². The number of benzene rings is 2. The first-order chi connectivity index (χ1) is 14.0. The molecule has 2 aliphatic rings. The molecule has 0 aliphatic carbocycles. The van der Waals surface area contributed by atoms with Gasteiger partial charge in [-0.3, -0.25) is 4.79 Å². The zero-order valence-corrected chi connectivity index (χ0v) is 16.8. The Labute approximate surface area is 174 Å². The molecule has 1 saturated heterocycles. The third kappa shape index (κ3) is 3.58. The van der Waals surface area contributed by atoms with Crippen LogP contribution < -0.4 is 4.90 Å². The van der Waals surface area contributed by atoms with Crippen LogP contribution in [0.2, 0.25) is 5.02 Å². The molecule has 4 rings (SSSR count). The van der Waals surface area contributed by atoms with Gasteiger partial charge in [-0.1, -0.05) is 48.0 Å². The summed E-state index contributed by atoms with van der Waals surface area (Å²) >= 11 is 6.14. The van der Waals surface area contributed by atoms with E-state index in [1.165, 1.54) is 0 Å². The highest BCUT2D eigenvalue weighted by Crippen LogP contribution is 2.48. The van der Waals surface area contributed by atoms with Crippen molar-refractivity contribution in [3.05, 3.63) is 64.7 Å². The van der Waals surface area contributed by atoms with Gasteiger partial charge in [-0.25, -0.2) is 4.79 Å². The fraction of sp³-hybridized carbons (Fsp3) is 0.364. The number of likely N-dealkylation sites (tertiary alicyclic amines) is 1. The summed E-state index contributed by atoms with van der Waals surface area (Å²) in [5, 5.41) is 9.95. The van der Waals surface area contributed by atoms with Gasteiger partial charge in [0.2, 0.25) is 5.91 Å². The normalized spacial score (nSPS) is 17.5. The molecule has 1 spiro atoms. The van der Waals surface area contributed by atoms with Crippen LogP contribution >= 0.6 is 11.6 Å². The number of fused-ring (bicyclic) bond motifs is 2. The van der Waals surface area contributed by atoms with Crippen LogP contribution in [0.3, 0.4) is 0 Å². The molecule has 0 bridgehead atoms. The number of β-amino-alcohol motifs (C(OH)–C–C–N with tert-alkyl or cyclic N) is 1. The second-order valence-corrected chi connectivity index (χ2v) is 7.89. The van der Waals surface area contributed by atoms with E-state index in [9.17, 15) is 14.7 Å². The number of aliphatic hydroxyl groups excluding tert-OH is 1. The molecule has 0 atom stereocenters. The number of ether oxygens (including phenoxy) is 1. The Kier molecular flexibility index (Phi) is 5.48. The van der Waals surface area contributed by atoms with Gasteiger partial charge in [0.1, 0.15) is 6.61 Å². The van der Waals surface area contributed by atoms with Crippen LogP contribution in [-0.4, -0.2) is 48.2 Å². The lowest BCUT2D eigenvalue weighted by molar-refractivity contribution is -0.124. The van der Waals surface area contributed by atoms with Crippen molar-refractivity contribution in [1.29, 1.82) is 0 Å². The Balaban J connectivity index is 1.47. The topological polar surface area (TPSA) is 70.1 Å². The summed E-state index contributed by atoms with van der Waals surface area (Å²) in [6, 6.07) is 15.0. The maximum absolute atomic E-state index is 13.3. The molecule has 0 radical (unpaired) electrons. The first-order valence-electron chi connectivity index (χ1n) is 9.74. The van der Waals surface area contributed by atoms with E-state index >= 15 is 0 Å². The first-order valence-corrected chi connectivity index (χ1v) is 10.1. The number of nitrogens with zero attached hydrogens (tertiary/aromatic N) is 2. The SMILES string of the molecule is O=C(OCc1ccccc1)N1CCC2(CC1)C(=O)N(CCO)c1cc(Cl)ccc12. The molecule has 2 heterocycles. The second-order valence-electron chi connectivity index (χ2n) is 7.45. The predicted octanol–water partition coefficient (Wildman–Crippen LogP) is 3.35. The van der Waals surface area contributed by atoms with Crippen LogP contribution in [0, 0.1) is 0 Å². The number of hydrogen-bond donors (Lipinski definition) is 1. The predicted molar refractivity (Wildman–Crippen MR) is 110 cm³/mol. The zero-order chi connectivity index (χ0) is 20.4. The molecule has 7 heteroatoms. The largest absolute Gasteiger partial charge is 0.445 e. The Morgan fingerprint density at radius 3 is 2.55 bits per heavy atom. The van der Waals surface area contributed by atoms with Gasteiger partial charge in [0.25, 0.3) is 0 Å². The van der Waals surface area contributed by atoms with Crippen molar-refractivity contribution in [1.82, 2.24) is 4.90 Å². The highest BCUT2D eigenvalue weighted by Gasteiger charge is 2.52. The monoisotopic (exact) mass is 414 g/mol. The van der Waals surface area contributed by atoms with Crippen LogP contribution in [0.5, 0.6) is 0 Å². The molecule has 2 aromatic rings. The molecule has 2 aromatic carbocycles. The minimum atomic E-state index is -0.675. The summed E-state index contributed by atoms with van der Waals surface area (Å²) in [6.45, 7) is 1.22. The van der Waals surface area contributed by atoms with Crippen LogP contribution in [0.4, 0.5) is 10.5 Å². The average molecular weight is 415 g/mol. The lowest BCUT2D eigenvalue weighted by atomic mass is 9.73. The average Bonchev–Trinajstić information content (AvgIpc) is 2.96. The van der Waals surface area contributed by atoms with Crippen molar-refractivity contribution < 1.29 is 19.4 Å². The molecule has 1 fully saturated rings. The highest BCUT2D eigenvalue weighted by molar-refractivity contribution is 6.31. The van der Waals surface area contributed by atoms with Gasteiger partial charge < -0.3 is 19.6 Å². The number of aliphatic hydroxyl groups is 1. The van der Waals surface area contributed by atoms with E-state index < -0.39 is 5.41 Å². The summed E-state index contributed by atoms with van der Waals surface area (Å²) in [6.07, 6.45) is 0.670. The Morgan fingerprint density at radius 2 is 1.86 bits per heavy atom. The number of carbonyl (C=O) groups is 2. The van der Waals surface area contributed by atoms with E-state index in [-0.39, 0.29) is 31.8 Å². The molecule has 1 N–H and O–H groups in total. The Bertz CT molecular complexity index is 910. The molecule has 152 valence electrons. The lowest BCUT2D eigenvalue weighted by Gasteiger charge is -2.38. The number of anilines is 1. The van der Waals surface area contributed by atoms with Crippen LogP contribution in [0.15, 0.2) is 48.5 Å². The van der Waals surface area contributed by atoms with Gasteiger partial charge >= 0.3 is 6.09 Å². The maximum atomic E-state index is 13.3. The van der Waals surface area contributed by atoms with Gasteiger partial charge in [0.15, 0.2) is 0 Å². The summed E-state index contributed by atoms with van der Waals surface area (Å²) in [5.74, 6) is -0.0267. The fourth-order valence-corrected chi connectivity index (χ4v) is 4.47. The number of piperidine rings is 1. The minimum absolute atomic E-state index is 0.0267. The number of carbonyl (C=O) groups excluding carboxylic acids is 2. The number of halogens is 1. The number of rotatable bonds is 4. The van der Waals surface area contributed by atoms with Gasteiger partial charge in [-0.2, -0.15) is 0 Å². The molecular formula is C22H23ClN2O4. The molecule has 6 nitrogen and oxygen atoms in total. The maximum Gasteiger partial charge on any atom is 0.410 e. The minimum Gasteiger partial charge on any atom is -0.445 e. The van der Waals surface area contributed by atoms with Gasteiger partial charge in [0, 0.05) is 30.3 Å². The van der Waals surface area contributed by atoms with Crippen molar-refractivity contribution in [3.8, 4) is 0 Å². The smallest absolute Gasteiger partial charge is 0.410 e. The lowest BCUT2D eigenvalue weighted by Crippen LogP contribution is -2.50. The van der Waals surface area contributed by atoms with E-state index in [4.69, 9.17) is 16.3 Å². The fourth-order valence-electron chi connectivity index (χ4n) is 4.30. The van der Waals surface area contributed by atoms with Crippen LogP contribution in [0.1, 0.15) is 24.0 Å². The van der Waals surface area contributed by atoms with Crippen molar-refractivity contribution in [3.63, 3.8) is 0 Å². The van der Waals surface area contributed by atoms with E-state index in [0.29, 0.717) is 31.0 Å². The molecular weight excluding hydrogens is 392 g/mol. The Hall–Kier alpha value is -2.57. The molecule has 0 saturated carbocycles. The quantitative estimate of drug-likeness (QED) is 0.832. The third-order valence-corrected chi connectivity index (χ3v) is 6.06. The summed E-state index contributed by atoms with van der Waals surface area (Å²) in [5.41, 5.74) is 1.95. The summed E-state index contributed by atoms with van der Waals surface area (Å²) in [4.78, 5) is 29.0. The molecule has 2 amide bonds. The van der Waals surface area contributed by atoms with Gasteiger partial charge in [-0.15, -0.1) is 0 Å². The summed E-state index contributed by atoms with van der Waals surface area (Å²) < 4.78 is 5.43. The van der Waals surface area contributed by atoms with E-state index in [2.05, 4.69) is 0 Å². The molecule has 0 aromatic heterocycles.